The van der Waals surface area contributed by atoms with Crippen LogP contribution in [0.25, 0.3) is 0 Å². The lowest BCUT2D eigenvalue weighted by Gasteiger charge is -2.40. The van der Waals surface area contributed by atoms with Crippen LogP contribution in [0.3, 0.4) is 0 Å². The van der Waals surface area contributed by atoms with E-state index in [0.717, 1.165) is 12.1 Å². The molecule has 0 bridgehead atoms. The fraction of sp³-hybridized carbons (Fsp3) is 0.286. The normalized spacial score (nSPS) is 19.9. The minimum Gasteiger partial charge on any atom is -0.485 e. The van der Waals surface area contributed by atoms with Crippen LogP contribution in [0, 0.1) is 22.8 Å². The SMILES string of the molecule is CC1(C)Oc2ccc(C#N)cc2[C@@H](N=C(NC#N)Nc2cccc(C(F)(F)F)c2)[C@@H]1O. The van der Waals surface area contributed by atoms with Crippen LogP contribution in [-0.2, 0) is 6.18 Å². The summed E-state index contributed by atoms with van der Waals surface area (Å²) in [6.45, 7) is 3.30. The highest BCUT2D eigenvalue weighted by molar-refractivity contribution is 5.94. The quantitative estimate of drug-likeness (QED) is 0.290. The van der Waals surface area contributed by atoms with Crippen LogP contribution in [0.1, 0.15) is 36.6 Å². The number of anilines is 1. The van der Waals surface area contributed by atoms with Gasteiger partial charge in [-0.2, -0.15) is 23.7 Å². The van der Waals surface area contributed by atoms with Crippen molar-refractivity contribution in [1.29, 1.82) is 10.5 Å². The molecule has 2 aromatic rings. The Morgan fingerprint density at radius 3 is 2.58 bits per heavy atom. The maximum absolute atomic E-state index is 13.0. The van der Waals surface area contributed by atoms with Crippen LogP contribution >= 0.6 is 0 Å². The predicted octanol–water partition coefficient (Wildman–Crippen LogP) is 3.69. The Kier molecular flexibility index (Phi) is 5.78. The molecule has 2 aromatic carbocycles. The van der Waals surface area contributed by atoms with Gasteiger partial charge in [0.2, 0.25) is 5.96 Å². The molecule has 160 valence electrons. The number of aliphatic hydroxyl groups is 1. The Morgan fingerprint density at radius 1 is 1.19 bits per heavy atom. The largest absolute Gasteiger partial charge is 0.485 e. The van der Waals surface area contributed by atoms with Gasteiger partial charge in [0.1, 0.15) is 23.5 Å². The number of hydrogen-bond donors (Lipinski definition) is 3. The smallest absolute Gasteiger partial charge is 0.416 e. The molecule has 0 amide bonds. The van der Waals surface area contributed by atoms with Crippen LogP contribution in [0.5, 0.6) is 5.75 Å². The van der Waals surface area contributed by atoms with Crippen molar-refractivity contribution in [1.82, 2.24) is 5.32 Å². The van der Waals surface area contributed by atoms with E-state index in [-0.39, 0.29) is 11.6 Å². The first-order valence-corrected chi connectivity index (χ1v) is 9.13. The van der Waals surface area contributed by atoms with E-state index in [1.54, 1.807) is 32.2 Å². The second-order valence-corrected chi connectivity index (χ2v) is 7.38. The number of benzene rings is 2. The molecule has 10 heteroatoms. The number of rotatable bonds is 2. The number of nitriles is 2. The summed E-state index contributed by atoms with van der Waals surface area (Å²) in [5, 5.41) is 34.1. The number of halogens is 3. The number of nitrogens with one attached hydrogen (secondary N) is 2. The Balaban J connectivity index is 2.04. The number of fused-ring (bicyclic) bond motifs is 1. The maximum Gasteiger partial charge on any atom is 0.416 e. The highest BCUT2D eigenvalue weighted by Gasteiger charge is 2.43. The fourth-order valence-corrected chi connectivity index (χ4v) is 3.17. The van der Waals surface area contributed by atoms with Gasteiger partial charge in [-0.15, -0.1) is 0 Å². The molecule has 0 aromatic heterocycles. The van der Waals surface area contributed by atoms with Crippen molar-refractivity contribution in [2.75, 3.05) is 5.32 Å². The van der Waals surface area contributed by atoms with E-state index in [2.05, 4.69) is 15.6 Å². The molecule has 0 saturated heterocycles. The molecule has 1 aliphatic heterocycles. The molecule has 1 heterocycles. The van der Waals surface area contributed by atoms with Crippen molar-refractivity contribution in [2.24, 2.45) is 4.99 Å². The van der Waals surface area contributed by atoms with Gasteiger partial charge in [-0.25, -0.2) is 4.99 Å². The number of aliphatic imine (C=N–C) groups is 1. The van der Waals surface area contributed by atoms with Crippen LogP contribution < -0.4 is 15.4 Å². The Morgan fingerprint density at radius 2 is 1.94 bits per heavy atom. The van der Waals surface area contributed by atoms with Crippen LogP contribution in [0.4, 0.5) is 18.9 Å². The van der Waals surface area contributed by atoms with Gasteiger partial charge in [-0.1, -0.05) is 6.07 Å². The van der Waals surface area contributed by atoms with Crippen molar-refractivity contribution in [3.05, 3.63) is 59.2 Å². The molecule has 3 rings (SSSR count). The van der Waals surface area contributed by atoms with E-state index >= 15 is 0 Å². The summed E-state index contributed by atoms with van der Waals surface area (Å²) in [5.74, 6) is 0.232. The first kappa shape index (κ1) is 21.9. The highest BCUT2D eigenvalue weighted by atomic mass is 19.4. The monoisotopic (exact) mass is 429 g/mol. The van der Waals surface area contributed by atoms with Gasteiger partial charge in [0, 0.05) is 11.3 Å². The molecule has 3 N–H and O–H groups in total. The predicted molar refractivity (Wildman–Crippen MR) is 106 cm³/mol. The number of hydrogen-bond acceptors (Lipinski definition) is 5. The van der Waals surface area contributed by atoms with Crippen molar-refractivity contribution in [2.45, 2.75) is 37.8 Å². The van der Waals surface area contributed by atoms with E-state index in [9.17, 15) is 23.5 Å². The minimum atomic E-state index is -4.54. The van der Waals surface area contributed by atoms with Gasteiger partial charge in [-0.05, 0) is 50.2 Å². The van der Waals surface area contributed by atoms with E-state index < -0.39 is 29.5 Å². The van der Waals surface area contributed by atoms with E-state index in [4.69, 9.17) is 10.00 Å². The number of nitrogens with zero attached hydrogens (tertiary/aromatic N) is 3. The standard InChI is InChI=1S/C21H18F3N5O2/c1-20(2)18(30)17(15-8-12(10-25)6-7-16(15)31-20)29-19(27-11-26)28-14-5-3-4-13(9-14)21(22,23)24/h3-9,17-18,30H,1-2H3,(H2,27,28,29)/t17-,18+/m1/s1. The lowest BCUT2D eigenvalue weighted by molar-refractivity contribution is -0.137. The number of guanidine groups is 1. The highest BCUT2D eigenvalue weighted by Crippen LogP contribution is 2.42. The number of alkyl halides is 3. The second-order valence-electron chi connectivity index (χ2n) is 7.38. The van der Waals surface area contributed by atoms with E-state index in [0.29, 0.717) is 16.9 Å². The van der Waals surface area contributed by atoms with Gasteiger partial charge in [-0.3, -0.25) is 5.32 Å². The summed E-state index contributed by atoms with van der Waals surface area (Å²) in [6.07, 6.45) is -4.04. The number of aliphatic hydroxyl groups excluding tert-OH is 1. The van der Waals surface area contributed by atoms with Crippen molar-refractivity contribution in [3.8, 4) is 18.0 Å². The van der Waals surface area contributed by atoms with E-state index in [1.165, 1.54) is 18.2 Å². The Labute approximate surface area is 176 Å². The van der Waals surface area contributed by atoms with Crippen molar-refractivity contribution >= 4 is 11.6 Å². The zero-order chi connectivity index (χ0) is 22.8. The van der Waals surface area contributed by atoms with Gasteiger partial charge >= 0.3 is 6.18 Å². The summed E-state index contributed by atoms with van der Waals surface area (Å²) < 4.78 is 44.8. The molecular formula is C21H18F3N5O2. The molecule has 2 atom stereocenters. The van der Waals surface area contributed by atoms with Gasteiger partial charge in [0.05, 0.1) is 17.2 Å². The first-order chi connectivity index (χ1) is 14.5. The molecule has 0 unspecified atom stereocenters. The molecule has 0 saturated carbocycles. The van der Waals surface area contributed by atoms with Crippen molar-refractivity contribution < 1.29 is 23.0 Å². The van der Waals surface area contributed by atoms with Crippen LogP contribution in [0.2, 0.25) is 0 Å². The molecule has 0 aliphatic carbocycles. The van der Waals surface area contributed by atoms with Crippen LogP contribution in [0.15, 0.2) is 47.5 Å². The summed E-state index contributed by atoms with van der Waals surface area (Å²) in [7, 11) is 0. The summed E-state index contributed by atoms with van der Waals surface area (Å²) in [4.78, 5) is 4.36. The average molecular weight is 429 g/mol. The molecule has 31 heavy (non-hydrogen) atoms. The molecule has 7 nitrogen and oxygen atoms in total. The third-order valence-electron chi connectivity index (χ3n) is 4.74. The summed E-state index contributed by atoms with van der Waals surface area (Å²) in [5.41, 5.74) is -1.15. The fourth-order valence-electron chi connectivity index (χ4n) is 3.17. The topological polar surface area (TPSA) is 113 Å². The second kappa shape index (κ2) is 8.17. The lowest BCUT2D eigenvalue weighted by atomic mass is 9.86. The number of ether oxygens (including phenoxy) is 1. The zero-order valence-electron chi connectivity index (χ0n) is 16.5. The Bertz CT molecular complexity index is 1100. The average Bonchev–Trinajstić information content (AvgIpc) is 2.70. The Hall–Kier alpha value is -3.76. The molecular weight excluding hydrogens is 411 g/mol. The molecule has 0 fully saturated rings. The van der Waals surface area contributed by atoms with Gasteiger partial charge in [0.25, 0.3) is 0 Å². The van der Waals surface area contributed by atoms with Gasteiger partial charge in [0.15, 0.2) is 6.19 Å². The van der Waals surface area contributed by atoms with Gasteiger partial charge < -0.3 is 15.2 Å². The van der Waals surface area contributed by atoms with Crippen LogP contribution in [-0.4, -0.2) is 22.8 Å². The summed E-state index contributed by atoms with van der Waals surface area (Å²) in [6, 6.07) is 10.1. The molecule has 1 aliphatic rings. The molecule has 0 spiro atoms. The third-order valence-corrected chi connectivity index (χ3v) is 4.74. The maximum atomic E-state index is 13.0. The zero-order valence-corrected chi connectivity index (χ0v) is 16.5. The first-order valence-electron chi connectivity index (χ1n) is 9.13. The molecule has 0 radical (unpaired) electrons. The van der Waals surface area contributed by atoms with E-state index in [1.807, 2.05) is 6.07 Å². The lowest BCUT2D eigenvalue weighted by Crippen LogP contribution is -2.49. The minimum absolute atomic E-state index is 0.0446. The van der Waals surface area contributed by atoms with Crippen molar-refractivity contribution in [3.63, 3.8) is 0 Å². The third kappa shape index (κ3) is 4.71. The summed E-state index contributed by atoms with van der Waals surface area (Å²) >= 11 is 0.